The number of aliphatic hydroxyl groups is 1. The third-order valence-corrected chi connectivity index (χ3v) is 5.28. The maximum absolute atomic E-state index is 8.72. The molecule has 1 heteroatoms. The third kappa shape index (κ3) is 23.7. The second-order valence-corrected chi connectivity index (χ2v) is 7.82. The lowest BCUT2D eigenvalue weighted by Crippen LogP contribution is -1.85. The van der Waals surface area contributed by atoms with E-state index in [1.165, 1.54) is 122 Å². The molecule has 0 amide bonds. The van der Waals surface area contributed by atoms with Crippen molar-refractivity contribution in [2.24, 2.45) is 0 Å². The maximum atomic E-state index is 8.72. The summed E-state index contributed by atoms with van der Waals surface area (Å²) < 4.78 is 0. The lowest BCUT2D eigenvalue weighted by Gasteiger charge is -2.04. The summed E-state index contributed by atoms with van der Waals surface area (Å²) >= 11 is 0. The highest BCUT2D eigenvalue weighted by Gasteiger charge is 1.95. The van der Waals surface area contributed by atoms with Gasteiger partial charge in [-0.2, -0.15) is 0 Å². The van der Waals surface area contributed by atoms with Crippen LogP contribution in [0.15, 0.2) is 6.08 Å². The highest BCUT2D eigenvalue weighted by atomic mass is 16.2. The smallest absolute Gasteiger partial charge is 0.0431 e. The Bertz CT molecular complexity index is 236. The summed E-state index contributed by atoms with van der Waals surface area (Å²) in [5, 5.41) is 8.72. The summed E-state index contributed by atoms with van der Waals surface area (Å²) in [7, 11) is 0. The van der Waals surface area contributed by atoms with Gasteiger partial charge >= 0.3 is 0 Å². The zero-order valence-corrected chi connectivity index (χ0v) is 17.2. The molecule has 0 aromatic rings. The molecule has 1 N–H and O–H groups in total. The van der Waals surface area contributed by atoms with Crippen molar-refractivity contribution >= 4 is 0 Å². The SMILES string of the molecule is [CH]=CCCCCCCCCCCCCCCCCCCCCCCO. The van der Waals surface area contributed by atoms with E-state index in [0.717, 1.165) is 12.8 Å². The second kappa shape index (κ2) is 23.7. The molecule has 1 radical (unpaired) electrons. The van der Waals surface area contributed by atoms with Crippen LogP contribution in [0, 0.1) is 6.58 Å². The summed E-state index contributed by atoms with van der Waals surface area (Å²) in [6, 6.07) is 0. The van der Waals surface area contributed by atoms with Gasteiger partial charge in [0.2, 0.25) is 0 Å². The van der Waals surface area contributed by atoms with E-state index in [-0.39, 0.29) is 0 Å². The molecule has 0 aromatic heterocycles. The summed E-state index contributed by atoms with van der Waals surface area (Å²) in [5.41, 5.74) is 0. The van der Waals surface area contributed by atoms with Crippen molar-refractivity contribution in [3.63, 3.8) is 0 Å². The highest BCUT2D eigenvalue weighted by Crippen LogP contribution is 2.14. The first-order valence-corrected chi connectivity index (χ1v) is 11.6. The van der Waals surface area contributed by atoms with Gasteiger partial charge in [0.15, 0.2) is 0 Å². The van der Waals surface area contributed by atoms with E-state index in [1.54, 1.807) is 6.08 Å². The first-order chi connectivity index (χ1) is 12.4. The molecule has 0 aliphatic heterocycles. The van der Waals surface area contributed by atoms with Gasteiger partial charge in [0.05, 0.1) is 0 Å². The Kier molecular flexibility index (Phi) is 23.4. The molecule has 0 saturated carbocycles. The number of allylic oxidation sites excluding steroid dienone is 1. The molecule has 0 heterocycles. The molecule has 0 rings (SSSR count). The Balaban J connectivity index is 2.95. The monoisotopic (exact) mass is 351 g/mol. The first kappa shape index (κ1) is 24.7. The Morgan fingerprint density at radius 1 is 0.400 bits per heavy atom. The van der Waals surface area contributed by atoms with Crippen molar-refractivity contribution in [1.29, 1.82) is 0 Å². The maximum Gasteiger partial charge on any atom is 0.0431 e. The van der Waals surface area contributed by atoms with Crippen LogP contribution in [-0.4, -0.2) is 11.7 Å². The van der Waals surface area contributed by atoms with Crippen LogP contribution in [0.1, 0.15) is 135 Å². The van der Waals surface area contributed by atoms with Gasteiger partial charge in [0.25, 0.3) is 0 Å². The quantitative estimate of drug-likeness (QED) is 0.195. The van der Waals surface area contributed by atoms with Gasteiger partial charge in [0, 0.05) is 6.61 Å². The molecule has 0 aromatic carbocycles. The van der Waals surface area contributed by atoms with E-state index in [2.05, 4.69) is 0 Å². The van der Waals surface area contributed by atoms with Gasteiger partial charge in [0.1, 0.15) is 0 Å². The van der Waals surface area contributed by atoms with Crippen molar-refractivity contribution in [2.75, 3.05) is 6.61 Å². The van der Waals surface area contributed by atoms with Crippen LogP contribution in [0.3, 0.4) is 0 Å². The average molecular weight is 352 g/mol. The number of aliphatic hydroxyl groups excluding tert-OH is 1. The normalized spacial score (nSPS) is 11.1. The Hall–Kier alpha value is -0.300. The topological polar surface area (TPSA) is 20.2 Å². The van der Waals surface area contributed by atoms with E-state index >= 15 is 0 Å². The van der Waals surface area contributed by atoms with Gasteiger partial charge in [-0.3, -0.25) is 0 Å². The molecular weight excluding hydrogens is 304 g/mol. The number of rotatable bonds is 22. The second-order valence-electron chi connectivity index (χ2n) is 7.82. The number of hydrogen-bond donors (Lipinski definition) is 1. The highest BCUT2D eigenvalue weighted by molar-refractivity contribution is 4.61. The van der Waals surface area contributed by atoms with Crippen LogP contribution < -0.4 is 0 Å². The Labute approximate surface area is 159 Å². The van der Waals surface area contributed by atoms with E-state index < -0.39 is 0 Å². The predicted octanol–water partition coefficient (Wildman–Crippen LogP) is 8.16. The Morgan fingerprint density at radius 2 is 0.640 bits per heavy atom. The molecule has 0 aliphatic carbocycles. The molecule has 0 aliphatic rings. The fraction of sp³-hybridized carbons (Fsp3) is 0.917. The fourth-order valence-corrected chi connectivity index (χ4v) is 3.56. The Morgan fingerprint density at radius 3 is 0.880 bits per heavy atom. The third-order valence-electron chi connectivity index (χ3n) is 5.28. The van der Waals surface area contributed by atoms with Gasteiger partial charge < -0.3 is 5.11 Å². The standard InChI is InChI=1S/C24H47O/c1-2-3-4-5-6-7-8-9-10-11-12-13-14-15-16-17-18-19-20-21-22-23-24-25/h1-2,25H,3-24H2. The molecule has 0 saturated heterocycles. The molecule has 0 spiro atoms. The fourth-order valence-electron chi connectivity index (χ4n) is 3.56. The van der Waals surface area contributed by atoms with E-state index in [1.807, 2.05) is 0 Å². The van der Waals surface area contributed by atoms with Gasteiger partial charge in [-0.1, -0.05) is 128 Å². The summed E-state index contributed by atoms with van der Waals surface area (Å²) in [6.07, 6.45) is 30.5. The van der Waals surface area contributed by atoms with E-state index in [0.29, 0.717) is 6.61 Å². The zero-order chi connectivity index (χ0) is 18.3. The minimum Gasteiger partial charge on any atom is -0.396 e. The van der Waals surface area contributed by atoms with E-state index in [4.69, 9.17) is 11.7 Å². The van der Waals surface area contributed by atoms with Crippen LogP contribution in [0.25, 0.3) is 0 Å². The molecule has 1 nitrogen and oxygen atoms in total. The van der Waals surface area contributed by atoms with Crippen molar-refractivity contribution < 1.29 is 5.11 Å². The van der Waals surface area contributed by atoms with Gasteiger partial charge in [-0.15, -0.1) is 0 Å². The summed E-state index contributed by atoms with van der Waals surface area (Å²) in [5.74, 6) is 0. The average Bonchev–Trinajstić information content (AvgIpc) is 2.63. The van der Waals surface area contributed by atoms with Crippen molar-refractivity contribution in [2.45, 2.75) is 135 Å². The predicted molar refractivity (Wildman–Crippen MR) is 113 cm³/mol. The molecule has 0 bridgehead atoms. The van der Waals surface area contributed by atoms with E-state index in [9.17, 15) is 0 Å². The molecule has 0 fully saturated rings. The largest absolute Gasteiger partial charge is 0.396 e. The van der Waals surface area contributed by atoms with Crippen molar-refractivity contribution in [3.8, 4) is 0 Å². The number of hydrogen-bond acceptors (Lipinski definition) is 1. The van der Waals surface area contributed by atoms with Crippen LogP contribution in [-0.2, 0) is 0 Å². The van der Waals surface area contributed by atoms with Crippen LogP contribution in [0.4, 0.5) is 0 Å². The van der Waals surface area contributed by atoms with Gasteiger partial charge in [-0.25, -0.2) is 0 Å². The molecule has 25 heavy (non-hydrogen) atoms. The van der Waals surface area contributed by atoms with Crippen LogP contribution >= 0.6 is 0 Å². The van der Waals surface area contributed by atoms with Crippen LogP contribution in [0.2, 0.25) is 0 Å². The number of unbranched alkanes of at least 4 members (excludes halogenated alkanes) is 20. The van der Waals surface area contributed by atoms with Crippen molar-refractivity contribution in [3.05, 3.63) is 12.7 Å². The molecular formula is C24H47O. The van der Waals surface area contributed by atoms with Gasteiger partial charge in [-0.05, 0) is 19.3 Å². The summed E-state index contributed by atoms with van der Waals surface area (Å²) in [6.45, 7) is 5.75. The van der Waals surface area contributed by atoms with Crippen molar-refractivity contribution in [1.82, 2.24) is 0 Å². The minimum atomic E-state index is 0.370. The lowest BCUT2D eigenvalue weighted by molar-refractivity contribution is 0.282. The van der Waals surface area contributed by atoms with Crippen LogP contribution in [0.5, 0.6) is 0 Å². The summed E-state index contributed by atoms with van der Waals surface area (Å²) in [4.78, 5) is 0. The molecule has 0 atom stereocenters. The molecule has 0 unspecified atom stereocenters. The minimum absolute atomic E-state index is 0.370. The zero-order valence-electron chi connectivity index (χ0n) is 17.2. The first-order valence-electron chi connectivity index (χ1n) is 11.6. The lowest BCUT2D eigenvalue weighted by atomic mass is 10.0. The molecule has 149 valence electrons.